The van der Waals surface area contributed by atoms with Crippen LogP contribution in [-0.2, 0) is 6.54 Å². The summed E-state index contributed by atoms with van der Waals surface area (Å²) in [5.74, 6) is 0. The molecule has 1 rings (SSSR count). The molecule has 0 aliphatic rings. The smallest absolute Gasteiger partial charge is 0.0317 e. The average Bonchev–Trinajstić information content (AvgIpc) is 2.11. The van der Waals surface area contributed by atoms with Crippen LogP contribution in [0, 0.1) is 5.41 Å². The van der Waals surface area contributed by atoms with Gasteiger partial charge < -0.3 is 11.1 Å². The van der Waals surface area contributed by atoms with Gasteiger partial charge in [-0.05, 0) is 43.4 Å². The molecule has 0 saturated carbocycles. The van der Waals surface area contributed by atoms with Crippen molar-refractivity contribution in [3.63, 3.8) is 0 Å². The minimum Gasteiger partial charge on any atom is -0.399 e. The molecule has 0 aliphatic carbocycles. The average molecular weight is 234 g/mol. The summed E-state index contributed by atoms with van der Waals surface area (Å²) in [5, 5.41) is 3.60. The molecule has 0 spiro atoms. The number of nitrogens with two attached hydrogens (primary N) is 1. The van der Waals surface area contributed by atoms with Crippen molar-refractivity contribution in [1.29, 1.82) is 0 Å². The zero-order chi connectivity index (χ0) is 13.1. The molecule has 96 valence electrons. The SMILES string of the molecule is CC(C)(C)CC(C)(C)NCc1cccc(N)c1. The third-order valence-electron chi connectivity index (χ3n) is 2.69. The van der Waals surface area contributed by atoms with Crippen LogP contribution in [0.15, 0.2) is 24.3 Å². The number of hydrogen-bond donors (Lipinski definition) is 2. The zero-order valence-corrected chi connectivity index (χ0v) is 11.8. The molecule has 17 heavy (non-hydrogen) atoms. The van der Waals surface area contributed by atoms with Crippen molar-refractivity contribution >= 4 is 5.69 Å². The number of benzene rings is 1. The van der Waals surface area contributed by atoms with E-state index in [-0.39, 0.29) is 5.54 Å². The lowest BCUT2D eigenvalue weighted by Crippen LogP contribution is -2.41. The van der Waals surface area contributed by atoms with Crippen LogP contribution in [0.3, 0.4) is 0 Å². The van der Waals surface area contributed by atoms with Gasteiger partial charge in [-0.3, -0.25) is 0 Å². The van der Waals surface area contributed by atoms with Gasteiger partial charge in [0.1, 0.15) is 0 Å². The molecule has 0 amide bonds. The zero-order valence-electron chi connectivity index (χ0n) is 11.8. The van der Waals surface area contributed by atoms with E-state index >= 15 is 0 Å². The molecule has 0 atom stereocenters. The van der Waals surface area contributed by atoms with Gasteiger partial charge in [0, 0.05) is 17.8 Å². The van der Waals surface area contributed by atoms with Crippen molar-refractivity contribution in [2.24, 2.45) is 5.41 Å². The molecule has 0 saturated heterocycles. The van der Waals surface area contributed by atoms with Gasteiger partial charge >= 0.3 is 0 Å². The van der Waals surface area contributed by atoms with Crippen molar-refractivity contribution in [3.05, 3.63) is 29.8 Å². The molecule has 0 radical (unpaired) electrons. The van der Waals surface area contributed by atoms with Gasteiger partial charge in [-0.25, -0.2) is 0 Å². The normalized spacial score (nSPS) is 12.8. The summed E-state index contributed by atoms with van der Waals surface area (Å²) in [6.07, 6.45) is 1.14. The summed E-state index contributed by atoms with van der Waals surface area (Å²) in [6, 6.07) is 8.06. The minimum absolute atomic E-state index is 0.142. The van der Waals surface area contributed by atoms with Crippen LogP contribution in [-0.4, -0.2) is 5.54 Å². The second-order valence-electron chi connectivity index (χ2n) is 6.72. The Morgan fingerprint density at radius 2 is 1.76 bits per heavy atom. The molecule has 0 heterocycles. The van der Waals surface area contributed by atoms with E-state index in [2.05, 4.69) is 46.0 Å². The predicted octanol–water partition coefficient (Wildman–Crippen LogP) is 3.57. The lowest BCUT2D eigenvalue weighted by atomic mass is 9.82. The number of rotatable bonds is 4. The molecular formula is C15H26N2. The molecule has 0 fully saturated rings. The maximum absolute atomic E-state index is 5.77. The van der Waals surface area contributed by atoms with Crippen molar-refractivity contribution in [2.75, 3.05) is 5.73 Å². The molecule has 0 aliphatic heterocycles. The van der Waals surface area contributed by atoms with Gasteiger partial charge in [0.05, 0.1) is 0 Å². The molecule has 2 heteroatoms. The highest BCUT2D eigenvalue weighted by Gasteiger charge is 2.24. The monoisotopic (exact) mass is 234 g/mol. The Balaban J connectivity index is 2.55. The number of nitrogen functional groups attached to an aromatic ring is 1. The van der Waals surface area contributed by atoms with Crippen molar-refractivity contribution in [1.82, 2.24) is 5.32 Å². The van der Waals surface area contributed by atoms with Crippen LogP contribution >= 0.6 is 0 Å². The summed E-state index contributed by atoms with van der Waals surface area (Å²) in [5.41, 5.74) is 8.33. The topological polar surface area (TPSA) is 38.0 Å². The summed E-state index contributed by atoms with van der Waals surface area (Å²) >= 11 is 0. The molecule has 0 aromatic heterocycles. The summed E-state index contributed by atoms with van der Waals surface area (Å²) in [4.78, 5) is 0. The molecule has 1 aromatic carbocycles. The van der Waals surface area contributed by atoms with Gasteiger partial charge in [0.25, 0.3) is 0 Å². The lowest BCUT2D eigenvalue weighted by molar-refractivity contribution is 0.241. The van der Waals surface area contributed by atoms with Crippen LogP contribution in [0.4, 0.5) is 5.69 Å². The second kappa shape index (κ2) is 5.09. The first-order valence-corrected chi connectivity index (χ1v) is 6.27. The van der Waals surface area contributed by atoms with Gasteiger partial charge in [0.15, 0.2) is 0 Å². The van der Waals surface area contributed by atoms with E-state index in [1.807, 2.05) is 18.2 Å². The van der Waals surface area contributed by atoms with E-state index in [0.717, 1.165) is 18.7 Å². The van der Waals surface area contributed by atoms with Crippen LogP contribution in [0.5, 0.6) is 0 Å². The van der Waals surface area contributed by atoms with Gasteiger partial charge in [0.2, 0.25) is 0 Å². The quantitative estimate of drug-likeness (QED) is 0.782. The summed E-state index contributed by atoms with van der Waals surface area (Å²) < 4.78 is 0. The Morgan fingerprint density at radius 1 is 1.12 bits per heavy atom. The van der Waals surface area contributed by atoms with E-state index in [1.165, 1.54) is 5.56 Å². The maximum atomic E-state index is 5.77. The van der Waals surface area contributed by atoms with E-state index < -0.39 is 0 Å². The van der Waals surface area contributed by atoms with Crippen LogP contribution in [0.2, 0.25) is 0 Å². The van der Waals surface area contributed by atoms with E-state index in [9.17, 15) is 0 Å². The second-order valence-corrected chi connectivity index (χ2v) is 6.72. The third-order valence-corrected chi connectivity index (χ3v) is 2.69. The number of anilines is 1. The summed E-state index contributed by atoms with van der Waals surface area (Å²) in [6.45, 7) is 12.2. The molecular weight excluding hydrogens is 208 g/mol. The minimum atomic E-state index is 0.142. The highest BCUT2D eigenvalue weighted by atomic mass is 15.0. The van der Waals surface area contributed by atoms with E-state index in [0.29, 0.717) is 5.41 Å². The Kier molecular flexibility index (Phi) is 4.21. The van der Waals surface area contributed by atoms with Crippen LogP contribution in [0.1, 0.15) is 46.6 Å². The fourth-order valence-electron chi connectivity index (χ4n) is 2.43. The Labute approximate surface area is 106 Å². The first-order chi connectivity index (χ1) is 7.68. The molecule has 0 unspecified atom stereocenters. The fraction of sp³-hybridized carbons (Fsp3) is 0.600. The molecule has 3 N–H and O–H groups in total. The highest BCUT2D eigenvalue weighted by Crippen LogP contribution is 2.27. The first kappa shape index (κ1) is 14.0. The van der Waals surface area contributed by atoms with Gasteiger partial charge in [-0.1, -0.05) is 32.9 Å². The number of hydrogen-bond acceptors (Lipinski definition) is 2. The fourth-order valence-corrected chi connectivity index (χ4v) is 2.43. The standard InChI is InChI=1S/C15H26N2/c1-14(2,3)11-15(4,5)17-10-12-7-6-8-13(16)9-12/h6-9,17H,10-11,16H2,1-5H3. The first-order valence-electron chi connectivity index (χ1n) is 6.27. The van der Waals surface area contributed by atoms with Crippen molar-refractivity contribution in [3.8, 4) is 0 Å². The lowest BCUT2D eigenvalue weighted by Gasteiger charge is -2.33. The van der Waals surface area contributed by atoms with Gasteiger partial charge in [-0.15, -0.1) is 0 Å². The number of nitrogens with one attached hydrogen (secondary N) is 1. The van der Waals surface area contributed by atoms with Crippen molar-refractivity contribution in [2.45, 2.75) is 53.1 Å². The molecule has 0 bridgehead atoms. The molecule has 1 aromatic rings. The molecule has 2 nitrogen and oxygen atoms in total. The van der Waals surface area contributed by atoms with Crippen molar-refractivity contribution < 1.29 is 0 Å². The van der Waals surface area contributed by atoms with E-state index in [4.69, 9.17) is 5.73 Å². The van der Waals surface area contributed by atoms with Crippen LogP contribution < -0.4 is 11.1 Å². The Hall–Kier alpha value is -1.02. The Bertz CT molecular complexity index is 361. The maximum Gasteiger partial charge on any atom is 0.0317 e. The van der Waals surface area contributed by atoms with Gasteiger partial charge in [-0.2, -0.15) is 0 Å². The van der Waals surface area contributed by atoms with E-state index in [1.54, 1.807) is 0 Å². The third kappa shape index (κ3) is 5.73. The predicted molar refractivity (Wildman–Crippen MR) is 75.8 cm³/mol. The Morgan fingerprint density at radius 3 is 2.29 bits per heavy atom. The van der Waals surface area contributed by atoms with Crippen LogP contribution in [0.25, 0.3) is 0 Å². The highest BCUT2D eigenvalue weighted by molar-refractivity contribution is 5.40. The summed E-state index contributed by atoms with van der Waals surface area (Å²) in [7, 11) is 0. The largest absolute Gasteiger partial charge is 0.399 e.